The van der Waals surface area contributed by atoms with E-state index in [4.69, 9.17) is 28.9 Å². The van der Waals surface area contributed by atoms with E-state index in [0.29, 0.717) is 27.1 Å². The lowest BCUT2D eigenvalue weighted by Crippen LogP contribution is -2.12. The van der Waals surface area contributed by atoms with Gasteiger partial charge in [-0.15, -0.1) is 0 Å². The number of hydrogen-bond donors (Lipinski definition) is 3. The molecule has 0 aliphatic carbocycles. The van der Waals surface area contributed by atoms with Gasteiger partial charge in [0.2, 0.25) is 0 Å². The van der Waals surface area contributed by atoms with Gasteiger partial charge in [-0.05, 0) is 30.3 Å². The molecule has 0 aliphatic heterocycles. The quantitative estimate of drug-likeness (QED) is 0.616. The average Bonchev–Trinajstić information content (AvgIpc) is 2.89. The molecular weight excluding hydrogens is 309 g/mol. The third-order valence-electron chi connectivity index (χ3n) is 3.11. The van der Waals surface area contributed by atoms with E-state index in [2.05, 4.69) is 10.3 Å². The van der Waals surface area contributed by atoms with Gasteiger partial charge in [-0.3, -0.25) is 4.79 Å². The van der Waals surface area contributed by atoms with Crippen LogP contribution in [0.1, 0.15) is 10.5 Å². The van der Waals surface area contributed by atoms with Crippen molar-refractivity contribution in [3.05, 3.63) is 58.2 Å². The Kier molecular flexibility index (Phi) is 3.49. The Morgan fingerprint density at radius 1 is 1.10 bits per heavy atom. The van der Waals surface area contributed by atoms with E-state index in [1.807, 2.05) is 12.1 Å². The van der Waals surface area contributed by atoms with E-state index in [0.717, 1.165) is 10.9 Å². The summed E-state index contributed by atoms with van der Waals surface area (Å²) in [4.78, 5) is 15.2. The second kappa shape index (κ2) is 5.31. The number of anilines is 2. The largest absolute Gasteiger partial charge is 0.397 e. The lowest BCUT2D eigenvalue weighted by atomic mass is 10.2. The summed E-state index contributed by atoms with van der Waals surface area (Å²) in [6.45, 7) is 0. The van der Waals surface area contributed by atoms with E-state index in [-0.39, 0.29) is 5.91 Å². The highest BCUT2D eigenvalue weighted by molar-refractivity contribution is 6.42. The first-order chi connectivity index (χ1) is 10.0. The molecule has 21 heavy (non-hydrogen) atoms. The number of nitrogens with two attached hydrogens (primary N) is 1. The summed E-state index contributed by atoms with van der Waals surface area (Å²) in [6, 6.07) is 12.2. The number of halogens is 2. The van der Waals surface area contributed by atoms with Gasteiger partial charge in [0.05, 0.1) is 21.2 Å². The molecule has 3 rings (SSSR count). The van der Waals surface area contributed by atoms with E-state index < -0.39 is 0 Å². The van der Waals surface area contributed by atoms with Crippen molar-refractivity contribution in [3.63, 3.8) is 0 Å². The lowest BCUT2D eigenvalue weighted by Gasteiger charge is -2.05. The molecule has 0 aliphatic rings. The Bertz CT molecular complexity index is 842. The molecule has 3 aromatic rings. The van der Waals surface area contributed by atoms with Crippen molar-refractivity contribution in [1.82, 2.24) is 4.98 Å². The number of nitrogens with one attached hydrogen (secondary N) is 2. The van der Waals surface area contributed by atoms with Gasteiger partial charge in [0.25, 0.3) is 5.91 Å². The van der Waals surface area contributed by atoms with Crippen LogP contribution in [0.15, 0.2) is 42.5 Å². The zero-order chi connectivity index (χ0) is 15.0. The number of nitrogen functional groups attached to an aromatic ring is 1. The van der Waals surface area contributed by atoms with Gasteiger partial charge in [0.1, 0.15) is 5.69 Å². The van der Waals surface area contributed by atoms with Gasteiger partial charge in [-0.1, -0.05) is 35.3 Å². The molecule has 4 N–H and O–H groups in total. The highest BCUT2D eigenvalue weighted by Crippen LogP contribution is 2.26. The molecule has 1 heterocycles. The maximum atomic E-state index is 12.2. The molecule has 0 saturated carbocycles. The van der Waals surface area contributed by atoms with Crippen molar-refractivity contribution in [2.24, 2.45) is 0 Å². The Morgan fingerprint density at radius 3 is 2.62 bits per heavy atom. The lowest BCUT2D eigenvalue weighted by molar-refractivity contribution is 0.102. The fourth-order valence-electron chi connectivity index (χ4n) is 2.07. The highest BCUT2D eigenvalue weighted by Gasteiger charge is 2.11. The Morgan fingerprint density at radius 2 is 1.90 bits per heavy atom. The second-order valence-electron chi connectivity index (χ2n) is 4.58. The van der Waals surface area contributed by atoms with Gasteiger partial charge in [0.15, 0.2) is 0 Å². The minimum atomic E-state index is -0.274. The Balaban J connectivity index is 1.90. The van der Waals surface area contributed by atoms with E-state index in [1.54, 1.807) is 30.3 Å². The minimum absolute atomic E-state index is 0.274. The average molecular weight is 320 g/mol. The van der Waals surface area contributed by atoms with Crippen molar-refractivity contribution in [3.8, 4) is 0 Å². The van der Waals surface area contributed by atoms with Gasteiger partial charge < -0.3 is 16.0 Å². The van der Waals surface area contributed by atoms with Gasteiger partial charge >= 0.3 is 0 Å². The molecule has 0 bridgehead atoms. The number of aromatic amines is 1. The molecule has 0 atom stereocenters. The van der Waals surface area contributed by atoms with Gasteiger partial charge in [-0.25, -0.2) is 0 Å². The normalized spacial score (nSPS) is 10.8. The van der Waals surface area contributed by atoms with Crippen LogP contribution in [-0.2, 0) is 0 Å². The van der Waals surface area contributed by atoms with Crippen LogP contribution in [0.5, 0.6) is 0 Å². The summed E-state index contributed by atoms with van der Waals surface area (Å²) in [5.41, 5.74) is 8.20. The maximum Gasteiger partial charge on any atom is 0.272 e. The van der Waals surface area contributed by atoms with Crippen LogP contribution in [0.3, 0.4) is 0 Å². The SMILES string of the molecule is Nc1cccc2cc(C(=O)Nc3ccc(Cl)c(Cl)c3)[nH]c12. The summed E-state index contributed by atoms with van der Waals surface area (Å²) in [7, 11) is 0. The fourth-order valence-corrected chi connectivity index (χ4v) is 2.37. The smallest absolute Gasteiger partial charge is 0.272 e. The first-order valence-electron chi connectivity index (χ1n) is 6.18. The standard InChI is InChI=1S/C15H11Cl2N3O/c16-10-5-4-9(7-11(10)17)19-15(21)13-6-8-2-1-3-12(18)14(8)20-13/h1-7,20H,18H2,(H,19,21). The molecule has 1 aromatic heterocycles. The molecule has 1 amide bonds. The molecule has 0 radical (unpaired) electrons. The molecule has 2 aromatic carbocycles. The Hall–Kier alpha value is -2.17. The van der Waals surface area contributed by atoms with Crippen LogP contribution >= 0.6 is 23.2 Å². The summed E-state index contributed by atoms with van der Waals surface area (Å²) in [5.74, 6) is -0.274. The molecule has 6 heteroatoms. The van der Waals surface area contributed by atoms with Crippen LogP contribution in [0, 0.1) is 0 Å². The highest BCUT2D eigenvalue weighted by atomic mass is 35.5. The van der Waals surface area contributed by atoms with E-state index >= 15 is 0 Å². The molecule has 4 nitrogen and oxygen atoms in total. The number of fused-ring (bicyclic) bond motifs is 1. The minimum Gasteiger partial charge on any atom is -0.397 e. The van der Waals surface area contributed by atoms with Crippen LogP contribution in [0.4, 0.5) is 11.4 Å². The maximum absolute atomic E-state index is 12.2. The Labute approximate surface area is 130 Å². The van der Waals surface area contributed by atoms with E-state index in [1.165, 1.54) is 0 Å². The number of para-hydroxylation sites is 1. The predicted molar refractivity (Wildman–Crippen MR) is 87.1 cm³/mol. The fraction of sp³-hybridized carbons (Fsp3) is 0. The molecule has 0 fully saturated rings. The number of carbonyl (C=O) groups excluding carboxylic acids is 1. The molecule has 0 saturated heterocycles. The summed E-state index contributed by atoms with van der Waals surface area (Å²) in [6.07, 6.45) is 0. The van der Waals surface area contributed by atoms with Gasteiger partial charge in [0, 0.05) is 11.1 Å². The third-order valence-corrected chi connectivity index (χ3v) is 3.85. The first kappa shape index (κ1) is 13.8. The van der Waals surface area contributed by atoms with Crippen molar-refractivity contribution in [2.45, 2.75) is 0 Å². The van der Waals surface area contributed by atoms with Crippen LogP contribution in [0.2, 0.25) is 10.0 Å². The number of rotatable bonds is 2. The summed E-state index contributed by atoms with van der Waals surface area (Å²) >= 11 is 11.8. The van der Waals surface area contributed by atoms with Crippen LogP contribution in [-0.4, -0.2) is 10.9 Å². The van der Waals surface area contributed by atoms with Crippen molar-refractivity contribution < 1.29 is 4.79 Å². The summed E-state index contributed by atoms with van der Waals surface area (Å²) in [5, 5.41) is 4.46. The molecular formula is C15H11Cl2N3O. The van der Waals surface area contributed by atoms with Crippen molar-refractivity contribution in [1.29, 1.82) is 0 Å². The topological polar surface area (TPSA) is 70.9 Å². The second-order valence-corrected chi connectivity index (χ2v) is 5.39. The third kappa shape index (κ3) is 2.68. The molecule has 106 valence electrons. The number of aromatic nitrogens is 1. The number of carbonyl (C=O) groups is 1. The number of benzene rings is 2. The molecule has 0 unspecified atom stereocenters. The van der Waals surface area contributed by atoms with E-state index in [9.17, 15) is 4.79 Å². The monoisotopic (exact) mass is 319 g/mol. The first-order valence-corrected chi connectivity index (χ1v) is 6.94. The van der Waals surface area contributed by atoms with Crippen LogP contribution in [0.25, 0.3) is 10.9 Å². The number of amides is 1. The van der Waals surface area contributed by atoms with Crippen LogP contribution < -0.4 is 11.1 Å². The zero-order valence-corrected chi connectivity index (χ0v) is 12.3. The summed E-state index contributed by atoms with van der Waals surface area (Å²) < 4.78 is 0. The predicted octanol–water partition coefficient (Wildman–Crippen LogP) is 4.31. The van der Waals surface area contributed by atoms with Crippen molar-refractivity contribution >= 4 is 51.4 Å². The number of H-pyrrole nitrogens is 1. The number of hydrogen-bond acceptors (Lipinski definition) is 2. The zero-order valence-electron chi connectivity index (χ0n) is 10.8. The molecule has 0 spiro atoms. The van der Waals surface area contributed by atoms with Crippen molar-refractivity contribution in [2.75, 3.05) is 11.1 Å². The van der Waals surface area contributed by atoms with Gasteiger partial charge in [-0.2, -0.15) is 0 Å².